The van der Waals surface area contributed by atoms with Gasteiger partial charge in [0.15, 0.2) is 16.7 Å². The first-order chi connectivity index (χ1) is 14.3. The number of carbonyl (C=O) groups excluding carboxylic acids is 1. The third kappa shape index (κ3) is 3.88. The summed E-state index contributed by atoms with van der Waals surface area (Å²) in [6, 6.07) is 10.5. The lowest BCUT2D eigenvalue weighted by Crippen LogP contribution is -2.12. The number of phenolic OH excluding ortho intramolecular Hbond substituents is 1. The molecule has 4 bridgehead atoms. The molecule has 154 valence electrons. The highest BCUT2D eigenvalue weighted by Crippen LogP contribution is 2.34. The molecule has 0 saturated heterocycles. The van der Waals surface area contributed by atoms with Crippen LogP contribution in [-0.2, 0) is 22.1 Å². The molecule has 0 aromatic heterocycles. The standard InChI is InChI=1S/C21H14ClF2NO4S/c22-16-7-13-9-19(20(16)26)30(28)25-18-8-12(2-4-17(18)24)15-10-14(23)3-1-11(15)5-6-29-21(13)27/h1-4,7-10,25-26H,5-6H2. The Kier molecular flexibility index (Phi) is 5.44. The maximum absolute atomic E-state index is 14.4. The molecule has 5 nitrogen and oxygen atoms in total. The number of aromatic hydroxyl groups is 1. The molecule has 0 radical (unpaired) electrons. The van der Waals surface area contributed by atoms with Gasteiger partial charge in [-0.25, -0.2) is 17.8 Å². The Balaban J connectivity index is 1.89. The van der Waals surface area contributed by atoms with Gasteiger partial charge in [0.2, 0.25) is 0 Å². The molecule has 1 aliphatic rings. The second kappa shape index (κ2) is 8.04. The summed E-state index contributed by atoms with van der Waals surface area (Å²) in [4.78, 5) is 12.2. The van der Waals surface area contributed by atoms with Crippen LogP contribution in [0.1, 0.15) is 15.9 Å². The van der Waals surface area contributed by atoms with Crippen LogP contribution in [0.2, 0.25) is 5.02 Å². The molecule has 0 amide bonds. The van der Waals surface area contributed by atoms with Crippen LogP contribution in [-0.4, -0.2) is 21.9 Å². The van der Waals surface area contributed by atoms with Crippen LogP contribution in [0.5, 0.6) is 5.75 Å². The van der Waals surface area contributed by atoms with Gasteiger partial charge in [-0.3, -0.25) is 4.72 Å². The fourth-order valence-corrected chi connectivity index (χ4v) is 4.39. The second-order valence-electron chi connectivity index (χ2n) is 6.56. The lowest BCUT2D eigenvalue weighted by Gasteiger charge is -2.15. The molecule has 1 atom stereocenters. The van der Waals surface area contributed by atoms with Gasteiger partial charge in [-0.1, -0.05) is 23.7 Å². The molecule has 3 aromatic rings. The Bertz CT molecular complexity index is 1200. The molecule has 2 N–H and O–H groups in total. The molecular weight excluding hydrogens is 436 g/mol. The van der Waals surface area contributed by atoms with E-state index >= 15 is 0 Å². The van der Waals surface area contributed by atoms with Crippen molar-refractivity contribution in [2.24, 2.45) is 0 Å². The predicted molar refractivity (Wildman–Crippen MR) is 109 cm³/mol. The smallest absolute Gasteiger partial charge is 0.338 e. The number of phenols is 1. The molecule has 9 heteroatoms. The van der Waals surface area contributed by atoms with E-state index in [0.29, 0.717) is 16.7 Å². The van der Waals surface area contributed by atoms with Crippen LogP contribution in [0.15, 0.2) is 53.4 Å². The number of esters is 1. The van der Waals surface area contributed by atoms with Gasteiger partial charge in [0.1, 0.15) is 16.5 Å². The van der Waals surface area contributed by atoms with Crippen LogP contribution in [0, 0.1) is 11.6 Å². The number of cyclic esters (lactones) is 1. The molecule has 4 rings (SSSR count). The fraction of sp³-hybridized carbons (Fsp3) is 0.0952. The van der Waals surface area contributed by atoms with Crippen molar-refractivity contribution < 1.29 is 27.6 Å². The quantitative estimate of drug-likeness (QED) is 0.482. The first-order valence-electron chi connectivity index (χ1n) is 8.80. The number of nitrogens with one attached hydrogen (secondary N) is 1. The summed E-state index contributed by atoms with van der Waals surface area (Å²) in [5.41, 5.74) is 1.51. The minimum atomic E-state index is -2.16. The van der Waals surface area contributed by atoms with E-state index in [2.05, 4.69) is 4.72 Å². The van der Waals surface area contributed by atoms with E-state index in [1.165, 1.54) is 42.5 Å². The summed E-state index contributed by atoms with van der Waals surface area (Å²) in [7, 11) is -2.16. The molecule has 0 aliphatic carbocycles. The number of benzene rings is 3. The Morgan fingerprint density at radius 3 is 2.67 bits per heavy atom. The molecule has 1 aliphatic heterocycles. The van der Waals surface area contributed by atoms with Crippen LogP contribution in [0.3, 0.4) is 0 Å². The molecule has 1 heterocycles. The predicted octanol–water partition coefficient (Wildman–Crippen LogP) is 4.84. The average Bonchev–Trinajstić information content (AvgIpc) is 2.71. The second-order valence-corrected chi connectivity index (χ2v) is 8.15. The van der Waals surface area contributed by atoms with E-state index in [9.17, 15) is 22.9 Å². The summed E-state index contributed by atoms with van der Waals surface area (Å²) in [5.74, 6) is -2.42. The maximum Gasteiger partial charge on any atom is 0.338 e. The third-order valence-electron chi connectivity index (χ3n) is 4.62. The zero-order valence-corrected chi connectivity index (χ0v) is 16.8. The van der Waals surface area contributed by atoms with E-state index in [1.54, 1.807) is 6.07 Å². The molecule has 1 unspecified atom stereocenters. The molecule has 30 heavy (non-hydrogen) atoms. The monoisotopic (exact) mass is 449 g/mol. The van der Waals surface area contributed by atoms with E-state index in [-0.39, 0.29) is 34.2 Å². The van der Waals surface area contributed by atoms with E-state index < -0.39 is 34.3 Å². The highest BCUT2D eigenvalue weighted by Gasteiger charge is 2.21. The van der Waals surface area contributed by atoms with Crippen molar-refractivity contribution in [1.82, 2.24) is 0 Å². The molecule has 0 saturated carbocycles. The SMILES string of the molecule is O=C1OCCc2ccc(F)cc2-c2ccc(F)c(c2)NS(=O)c2cc1cc(Cl)c2O. The first-order valence-corrected chi connectivity index (χ1v) is 10.3. The lowest BCUT2D eigenvalue weighted by molar-refractivity contribution is 0.0509. The number of hydrogen-bond acceptors (Lipinski definition) is 4. The van der Waals surface area contributed by atoms with Crippen LogP contribution in [0.25, 0.3) is 11.1 Å². The Labute approximate surface area is 177 Å². The van der Waals surface area contributed by atoms with E-state index in [4.69, 9.17) is 16.3 Å². The van der Waals surface area contributed by atoms with Crippen molar-refractivity contribution >= 4 is 34.2 Å². The van der Waals surface area contributed by atoms with Crippen molar-refractivity contribution in [1.29, 1.82) is 0 Å². The number of rotatable bonds is 0. The topological polar surface area (TPSA) is 75.6 Å². The number of carbonyl (C=O) groups is 1. The molecule has 3 aromatic carbocycles. The van der Waals surface area contributed by atoms with Crippen LogP contribution >= 0.6 is 11.6 Å². The van der Waals surface area contributed by atoms with E-state index in [1.807, 2.05) is 0 Å². The highest BCUT2D eigenvalue weighted by atomic mass is 35.5. The third-order valence-corrected chi connectivity index (χ3v) is 6.02. The van der Waals surface area contributed by atoms with Gasteiger partial charge in [0.25, 0.3) is 0 Å². The normalized spacial score (nSPS) is 16.1. The van der Waals surface area contributed by atoms with Crippen molar-refractivity contribution in [3.63, 3.8) is 0 Å². The van der Waals surface area contributed by atoms with Gasteiger partial charge in [-0.05, 0) is 53.1 Å². The summed E-state index contributed by atoms with van der Waals surface area (Å²) < 4.78 is 48.8. The zero-order valence-electron chi connectivity index (χ0n) is 15.2. The number of ether oxygens (including phenoxy) is 1. The number of hydrogen-bond donors (Lipinski definition) is 2. The van der Waals surface area contributed by atoms with Gasteiger partial charge in [-0.15, -0.1) is 0 Å². The van der Waals surface area contributed by atoms with Gasteiger partial charge in [0.05, 0.1) is 22.9 Å². The fourth-order valence-electron chi connectivity index (χ4n) is 3.13. The summed E-state index contributed by atoms with van der Waals surface area (Å²) >= 11 is 5.96. The minimum absolute atomic E-state index is 0.0132. The maximum atomic E-state index is 14.4. The van der Waals surface area contributed by atoms with Gasteiger partial charge in [0, 0.05) is 6.42 Å². The lowest BCUT2D eigenvalue weighted by atomic mass is 9.97. The molecular formula is C21H14ClF2NO4S. The number of halogens is 3. The summed E-state index contributed by atoms with van der Waals surface area (Å²) in [6.07, 6.45) is 0.284. The van der Waals surface area contributed by atoms with Crippen LogP contribution < -0.4 is 4.72 Å². The van der Waals surface area contributed by atoms with Gasteiger partial charge < -0.3 is 9.84 Å². The Morgan fingerprint density at radius 1 is 1.07 bits per heavy atom. The highest BCUT2D eigenvalue weighted by molar-refractivity contribution is 7.86. The van der Waals surface area contributed by atoms with E-state index in [0.717, 1.165) is 0 Å². The number of fused-ring (bicyclic) bond motifs is 6. The van der Waals surface area contributed by atoms with Gasteiger partial charge >= 0.3 is 5.97 Å². The molecule has 0 fully saturated rings. The summed E-state index contributed by atoms with van der Waals surface area (Å²) in [6.45, 7) is -0.0132. The number of anilines is 1. The molecule has 0 spiro atoms. The first kappa shape index (κ1) is 20.3. The minimum Gasteiger partial charge on any atom is -0.505 e. The average molecular weight is 450 g/mol. The zero-order chi connectivity index (χ0) is 21.4. The Morgan fingerprint density at radius 2 is 1.87 bits per heavy atom. The van der Waals surface area contributed by atoms with Gasteiger partial charge in [-0.2, -0.15) is 0 Å². The van der Waals surface area contributed by atoms with Crippen molar-refractivity contribution in [3.8, 4) is 16.9 Å². The van der Waals surface area contributed by atoms with Crippen molar-refractivity contribution in [2.45, 2.75) is 11.3 Å². The van der Waals surface area contributed by atoms with Crippen molar-refractivity contribution in [3.05, 3.63) is 76.3 Å². The summed E-state index contributed by atoms with van der Waals surface area (Å²) in [5, 5.41) is 9.97. The Hall–Kier alpha value is -2.97. The van der Waals surface area contributed by atoms with Crippen LogP contribution in [0.4, 0.5) is 14.5 Å². The van der Waals surface area contributed by atoms with Crippen molar-refractivity contribution in [2.75, 3.05) is 11.3 Å². The largest absolute Gasteiger partial charge is 0.505 e.